The second-order valence-electron chi connectivity index (χ2n) is 8.36. The minimum absolute atomic E-state index is 0.508. The van der Waals surface area contributed by atoms with Gasteiger partial charge in [-0.2, -0.15) is 26.3 Å². The van der Waals surface area contributed by atoms with Crippen LogP contribution in [0.4, 0.5) is 32.3 Å². The van der Waals surface area contributed by atoms with E-state index in [9.17, 15) is 26.3 Å². The Morgan fingerprint density at radius 3 is 1.79 bits per heavy atom. The van der Waals surface area contributed by atoms with E-state index in [0.29, 0.717) is 5.54 Å². The van der Waals surface area contributed by atoms with Crippen molar-refractivity contribution < 1.29 is 46.1 Å². The molecule has 4 rings (SSSR count). The van der Waals surface area contributed by atoms with Gasteiger partial charge in [0, 0.05) is 37.6 Å². The smallest absolute Gasteiger partial charge is 0.475 e. The van der Waals surface area contributed by atoms with Crippen LogP contribution in [0, 0.1) is 5.92 Å². The van der Waals surface area contributed by atoms with Crippen molar-refractivity contribution in [3.63, 3.8) is 0 Å². The zero-order valence-electron chi connectivity index (χ0n) is 18.1. The van der Waals surface area contributed by atoms with Crippen LogP contribution in [0.2, 0.25) is 0 Å². The number of likely N-dealkylation sites (tertiary alicyclic amines) is 1. The summed E-state index contributed by atoms with van der Waals surface area (Å²) in [6.45, 7) is 4.93. The third-order valence-corrected chi connectivity index (χ3v) is 5.93. The first-order valence-electron chi connectivity index (χ1n) is 10.6. The Bertz CT molecular complexity index is 786. The highest BCUT2D eigenvalue weighted by Gasteiger charge is 2.44. The second kappa shape index (κ2) is 11.2. The Balaban J connectivity index is 0.000000244. The van der Waals surface area contributed by atoms with Crippen LogP contribution in [0.3, 0.4) is 0 Å². The lowest BCUT2D eigenvalue weighted by Gasteiger charge is -2.45. The maximum atomic E-state index is 10.6. The van der Waals surface area contributed by atoms with Gasteiger partial charge in [-0.05, 0) is 57.1 Å². The number of carboxylic acid groups (broad SMARTS) is 2. The van der Waals surface area contributed by atoms with Crippen molar-refractivity contribution in [2.45, 2.75) is 56.4 Å². The minimum Gasteiger partial charge on any atom is -0.475 e. The van der Waals surface area contributed by atoms with E-state index in [-0.39, 0.29) is 0 Å². The number of carbonyl (C=O) groups is 2. The van der Waals surface area contributed by atoms with E-state index in [4.69, 9.17) is 19.8 Å². The number of aromatic nitrogens is 2. The number of nitrogens with zero attached hydrogens (tertiary/aromatic N) is 4. The van der Waals surface area contributed by atoms with Gasteiger partial charge in [0.2, 0.25) is 5.95 Å². The third-order valence-electron chi connectivity index (χ3n) is 5.93. The molecule has 0 unspecified atom stereocenters. The number of hydrogen-bond acceptors (Lipinski definition) is 6. The Morgan fingerprint density at radius 2 is 1.38 bits per heavy atom. The van der Waals surface area contributed by atoms with Crippen molar-refractivity contribution in [2.75, 3.05) is 31.1 Å². The van der Waals surface area contributed by atoms with E-state index in [1.807, 2.05) is 18.5 Å². The van der Waals surface area contributed by atoms with Crippen LogP contribution < -0.4 is 4.90 Å². The summed E-state index contributed by atoms with van der Waals surface area (Å²) in [5.74, 6) is -3.59. The molecule has 1 saturated carbocycles. The average molecular weight is 500 g/mol. The molecule has 3 heterocycles. The molecule has 0 aromatic carbocycles. The van der Waals surface area contributed by atoms with Crippen LogP contribution in [0.25, 0.3) is 0 Å². The summed E-state index contributed by atoms with van der Waals surface area (Å²) in [6.07, 6.45) is 1.85. The predicted octanol–water partition coefficient (Wildman–Crippen LogP) is 3.59. The quantitative estimate of drug-likeness (QED) is 0.607. The summed E-state index contributed by atoms with van der Waals surface area (Å²) < 4.78 is 63.5. The van der Waals surface area contributed by atoms with Crippen molar-refractivity contribution in [2.24, 2.45) is 5.92 Å². The fourth-order valence-electron chi connectivity index (χ4n) is 4.03. The first-order chi connectivity index (χ1) is 15.7. The molecule has 0 radical (unpaired) electrons. The highest BCUT2D eigenvalue weighted by Crippen LogP contribution is 2.42. The lowest BCUT2D eigenvalue weighted by molar-refractivity contribution is -0.193. The summed E-state index contributed by atoms with van der Waals surface area (Å²) in [5, 5.41) is 14.2. The molecule has 2 saturated heterocycles. The van der Waals surface area contributed by atoms with Crippen LogP contribution in [0.15, 0.2) is 18.5 Å². The summed E-state index contributed by atoms with van der Waals surface area (Å²) in [4.78, 5) is 31.8. The van der Waals surface area contributed by atoms with E-state index < -0.39 is 24.3 Å². The Morgan fingerprint density at radius 1 is 0.912 bits per heavy atom. The molecule has 0 atom stereocenters. The maximum Gasteiger partial charge on any atom is 0.490 e. The van der Waals surface area contributed by atoms with E-state index in [0.717, 1.165) is 25.0 Å². The SMILES string of the molecule is O=C(O)C(F)(F)F.O=C(O)C(F)(F)F.c1cnc(N2CCC3(CCCN3CC3CC3)CC2)nc1. The van der Waals surface area contributed by atoms with Crippen molar-refractivity contribution in [3.8, 4) is 0 Å². The summed E-state index contributed by atoms with van der Waals surface area (Å²) in [6, 6.07) is 1.89. The zero-order valence-corrected chi connectivity index (χ0v) is 18.1. The molecule has 8 nitrogen and oxygen atoms in total. The van der Waals surface area contributed by atoms with Gasteiger partial charge in [-0.25, -0.2) is 19.6 Å². The van der Waals surface area contributed by atoms with Crippen LogP contribution in [-0.4, -0.2) is 81.1 Å². The van der Waals surface area contributed by atoms with Gasteiger partial charge in [0.25, 0.3) is 0 Å². The molecular formula is C20H26F6N4O4. The molecule has 192 valence electrons. The predicted molar refractivity (Wildman–Crippen MR) is 107 cm³/mol. The number of carboxylic acids is 2. The van der Waals surface area contributed by atoms with Crippen LogP contribution in [-0.2, 0) is 9.59 Å². The first kappa shape index (κ1) is 27.6. The molecule has 3 aliphatic rings. The molecule has 1 aliphatic carbocycles. The summed E-state index contributed by atoms with van der Waals surface area (Å²) in [5.41, 5.74) is 0.508. The fraction of sp³-hybridized carbons (Fsp3) is 0.700. The second-order valence-corrected chi connectivity index (χ2v) is 8.36. The largest absolute Gasteiger partial charge is 0.490 e. The molecule has 0 bridgehead atoms. The molecule has 2 N–H and O–H groups in total. The topological polar surface area (TPSA) is 107 Å². The van der Waals surface area contributed by atoms with Gasteiger partial charge in [0.05, 0.1) is 0 Å². The van der Waals surface area contributed by atoms with Crippen molar-refractivity contribution in [1.29, 1.82) is 0 Å². The number of rotatable bonds is 3. The number of alkyl halides is 6. The molecule has 2 aliphatic heterocycles. The fourth-order valence-corrected chi connectivity index (χ4v) is 4.03. The number of aliphatic carboxylic acids is 2. The highest BCUT2D eigenvalue weighted by atomic mass is 19.4. The number of piperidine rings is 1. The van der Waals surface area contributed by atoms with E-state index >= 15 is 0 Å². The lowest BCUT2D eigenvalue weighted by atomic mass is 9.85. The third kappa shape index (κ3) is 8.29. The number of halogens is 6. The molecule has 0 amide bonds. The first-order valence-corrected chi connectivity index (χ1v) is 10.6. The zero-order chi connectivity index (χ0) is 25.6. The highest BCUT2D eigenvalue weighted by molar-refractivity contribution is 5.73. The molecule has 1 spiro atoms. The van der Waals surface area contributed by atoms with Crippen LogP contribution >= 0.6 is 0 Å². The molecule has 1 aromatic heterocycles. The van der Waals surface area contributed by atoms with Gasteiger partial charge in [0.15, 0.2) is 0 Å². The van der Waals surface area contributed by atoms with E-state index in [1.165, 1.54) is 51.6 Å². The molecule has 1 aromatic rings. The molecule has 14 heteroatoms. The Hall–Kier alpha value is -2.64. The van der Waals surface area contributed by atoms with Crippen molar-refractivity contribution >= 4 is 17.9 Å². The normalized spacial score (nSPS) is 20.1. The van der Waals surface area contributed by atoms with E-state index in [1.54, 1.807) is 0 Å². The molecular weight excluding hydrogens is 474 g/mol. The van der Waals surface area contributed by atoms with Gasteiger partial charge in [-0.1, -0.05) is 0 Å². The van der Waals surface area contributed by atoms with Gasteiger partial charge in [0.1, 0.15) is 0 Å². The Labute approximate surface area is 191 Å². The van der Waals surface area contributed by atoms with Gasteiger partial charge in [-0.15, -0.1) is 0 Å². The van der Waals surface area contributed by atoms with E-state index in [2.05, 4.69) is 19.8 Å². The molecule has 34 heavy (non-hydrogen) atoms. The van der Waals surface area contributed by atoms with Gasteiger partial charge < -0.3 is 15.1 Å². The summed E-state index contributed by atoms with van der Waals surface area (Å²) >= 11 is 0. The lowest BCUT2D eigenvalue weighted by Crippen LogP contribution is -2.53. The van der Waals surface area contributed by atoms with Gasteiger partial charge >= 0.3 is 24.3 Å². The van der Waals surface area contributed by atoms with Crippen molar-refractivity contribution in [1.82, 2.24) is 14.9 Å². The number of anilines is 1. The Kier molecular flexibility index (Phi) is 9.08. The molecule has 3 fully saturated rings. The average Bonchev–Trinajstić information content (AvgIpc) is 3.50. The van der Waals surface area contributed by atoms with Crippen LogP contribution in [0.1, 0.15) is 38.5 Å². The monoisotopic (exact) mass is 500 g/mol. The number of hydrogen-bond donors (Lipinski definition) is 2. The minimum atomic E-state index is -5.08. The standard InChI is InChI=1S/C16H24N4.2C2HF3O2/c1-5-16(20(10-1)13-14-3-4-14)6-11-19(12-7-16)15-17-8-2-9-18-15;2*3-2(4,5)1(6)7/h2,8-9,14H,1,3-7,10-13H2;2*(H,6,7). The van der Waals surface area contributed by atoms with Crippen LogP contribution in [0.5, 0.6) is 0 Å². The summed E-state index contributed by atoms with van der Waals surface area (Å²) in [7, 11) is 0. The maximum absolute atomic E-state index is 10.6. The van der Waals surface area contributed by atoms with Gasteiger partial charge in [-0.3, -0.25) is 4.90 Å². The van der Waals surface area contributed by atoms with Crippen molar-refractivity contribution in [3.05, 3.63) is 18.5 Å².